The molecule has 0 fully saturated rings. The van der Waals surface area contributed by atoms with Crippen LogP contribution in [0.25, 0.3) is 0 Å². The van der Waals surface area contributed by atoms with E-state index in [0.717, 1.165) is 16.8 Å². The molecule has 0 atom stereocenters. The third-order valence-electron chi connectivity index (χ3n) is 3.70. The van der Waals surface area contributed by atoms with Gasteiger partial charge in [0, 0.05) is 12.6 Å². The topological polar surface area (TPSA) is 49.4 Å². The monoisotopic (exact) mass is 330 g/mol. The zero-order valence-electron chi connectivity index (χ0n) is 13.4. The third-order valence-corrected chi connectivity index (χ3v) is 4.03. The molecule has 2 rings (SSSR count). The second-order valence-electron chi connectivity index (χ2n) is 5.35. The summed E-state index contributed by atoms with van der Waals surface area (Å²) in [4.78, 5) is 25.7. The molecule has 4 nitrogen and oxygen atoms in total. The van der Waals surface area contributed by atoms with E-state index >= 15 is 0 Å². The molecule has 5 heteroatoms. The fourth-order valence-corrected chi connectivity index (χ4v) is 2.47. The number of para-hydroxylation sites is 1. The Kier molecular flexibility index (Phi) is 5.40. The van der Waals surface area contributed by atoms with Crippen molar-refractivity contribution in [3.8, 4) is 0 Å². The molecule has 0 bridgehead atoms. The molecule has 120 valence electrons. The van der Waals surface area contributed by atoms with E-state index in [2.05, 4.69) is 5.32 Å². The predicted molar refractivity (Wildman–Crippen MR) is 94.0 cm³/mol. The number of hydrogen-bond donors (Lipinski definition) is 1. The van der Waals surface area contributed by atoms with Crippen molar-refractivity contribution in [1.29, 1.82) is 0 Å². The van der Waals surface area contributed by atoms with Crippen LogP contribution in [0.2, 0.25) is 5.02 Å². The summed E-state index contributed by atoms with van der Waals surface area (Å²) >= 11 is 6.04. The Hall–Kier alpha value is -2.33. The Morgan fingerprint density at radius 1 is 1.09 bits per heavy atom. The van der Waals surface area contributed by atoms with Crippen molar-refractivity contribution >= 4 is 34.8 Å². The normalized spacial score (nSPS) is 10.3. The fraction of sp³-hybridized carbons (Fsp3) is 0.222. The van der Waals surface area contributed by atoms with Gasteiger partial charge in [-0.2, -0.15) is 0 Å². The van der Waals surface area contributed by atoms with Crippen LogP contribution in [0, 0.1) is 13.8 Å². The quantitative estimate of drug-likeness (QED) is 0.922. The number of amides is 2. The van der Waals surface area contributed by atoms with E-state index in [-0.39, 0.29) is 18.4 Å². The van der Waals surface area contributed by atoms with Crippen LogP contribution in [0.1, 0.15) is 18.1 Å². The van der Waals surface area contributed by atoms with Crippen LogP contribution >= 0.6 is 11.6 Å². The first-order valence-corrected chi connectivity index (χ1v) is 7.66. The zero-order chi connectivity index (χ0) is 17.0. The molecule has 2 aromatic carbocycles. The average Bonchev–Trinajstić information content (AvgIpc) is 2.50. The summed E-state index contributed by atoms with van der Waals surface area (Å²) in [5.74, 6) is -0.484. The number of benzene rings is 2. The van der Waals surface area contributed by atoms with Gasteiger partial charge in [-0.15, -0.1) is 0 Å². The summed E-state index contributed by atoms with van der Waals surface area (Å²) in [6.07, 6.45) is 0. The molecule has 0 aliphatic heterocycles. The Morgan fingerprint density at radius 3 is 2.43 bits per heavy atom. The Balaban J connectivity index is 2.20. The van der Waals surface area contributed by atoms with Gasteiger partial charge in [0.2, 0.25) is 11.8 Å². The van der Waals surface area contributed by atoms with Crippen molar-refractivity contribution < 1.29 is 9.59 Å². The van der Waals surface area contributed by atoms with Crippen LogP contribution in [0.3, 0.4) is 0 Å². The maximum atomic E-state index is 12.3. The minimum Gasteiger partial charge on any atom is -0.323 e. The average molecular weight is 331 g/mol. The van der Waals surface area contributed by atoms with Crippen LogP contribution in [0.15, 0.2) is 42.5 Å². The van der Waals surface area contributed by atoms with Gasteiger partial charge in [0.25, 0.3) is 0 Å². The van der Waals surface area contributed by atoms with Crippen molar-refractivity contribution in [3.63, 3.8) is 0 Å². The Bertz CT molecular complexity index is 744. The number of nitrogens with zero attached hydrogens (tertiary/aromatic N) is 1. The molecule has 2 aromatic rings. The summed E-state index contributed by atoms with van der Waals surface area (Å²) in [7, 11) is 0. The van der Waals surface area contributed by atoms with E-state index in [4.69, 9.17) is 11.6 Å². The van der Waals surface area contributed by atoms with Crippen LogP contribution in [-0.4, -0.2) is 18.4 Å². The molecule has 0 aliphatic carbocycles. The SMILES string of the molecule is CC(=O)N(CC(=O)Nc1ccccc1Cl)c1cccc(C)c1C. The first-order chi connectivity index (χ1) is 10.9. The molecule has 0 radical (unpaired) electrons. The number of anilines is 2. The van der Waals surface area contributed by atoms with Crippen molar-refractivity contribution in [2.45, 2.75) is 20.8 Å². The van der Waals surface area contributed by atoms with Crippen molar-refractivity contribution in [3.05, 3.63) is 58.6 Å². The molecule has 0 heterocycles. The number of rotatable bonds is 4. The lowest BCUT2D eigenvalue weighted by Gasteiger charge is -2.23. The molecular weight excluding hydrogens is 312 g/mol. The second kappa shape index (κ2) is 7.29. The molecule has 0 unspecified atom stereocenters. The standard InChI is InChI=1S/C18H19ClN2O2/c1-12-7-6-10-17(13(12)2)21(14(3)22)11-18(23)20-16-9-5-4-8-15(16)19/h4-10H,11H2,1-3H3,(H,20,23). The predicted octanol–water partition coefficient (Wildman–Crippen LogP) is 3.95. The summed E-state index contributed by atoms with van der Waals surface area (Å²) in [5, 5.41) is 3.19. The highest BCUT2D eigenvalue weighted by molar-refractivity contribution is 6.33. The molecule has 23 heavy (non-hydrogen) atoms. The molecule has 0 aromatic heterocycles. The highest BCUT2D eigenvalue weighted by atomic mass is 35.5. The molecule has 0 spiro atoms. The van der Waals surface area contributed by atoms with E-state index in [1.807, 2.05) is 32.0 Å². The lowest BCUT2D eigenvalue weighted by atomic mass is 10.1. The minimum absolute atomic E-state index is 0.0646. The third kappa shape index (κ3) is 4.11. The number of halogens is 1. The Morgan fingerprint density at radius 2 is 1.78 bits per heavy atom. The summed E-state index contributed by atoms with van der Waals surface area (Å²) < 4.78 is 0. The summed E-state index contributed by atoms with van der Waals surface area (Å²) in [6, 6.07) is 12.7. The first-order valence-electron chi connectivity index (χ1n) is 7.29. The van der Waals surface area contributed by atoms with Gasteiger partial charge in [0.15, 0.2) is 0 Å². The lowest BCUT2D eigenvalue weighted by molar-refractivity contribution is -0.120. The smallest absolute Gasteiger partial charge is 0.244 e. The number of nitrogens with one attached hydrogen (secondary N) is 1. The van der Waals surface area contributed by atoms with E-state index in [9.17, 15) is 9.59 Å². The van der Waals surface area contributed by atoms with Gasteiger partial charge in [-0.25, -0.2) is 0 Å². The molecule has 0 aliphatic rings. The van der Waals surface area contributed by atoms with Gasteiger partial charge < -0.3 is 10.2 Å². The van der Waals surface area contributed by atoms with E-state index < -0.39 is 0 Å². The zero-order valence-corrected chi connectivity index (χ0v) is 14.1. The van der Waals surface area contributed by atoms with Gasteiger partial charge in [-0.05, 0) is 43.2 Å². The maximum Gasteiger partial charge on any atom is 0.244 e. The number of aryl methyl sites for hydroxylation is 1. The number of carbonyl (C=O) groups is 2. The van der Waals surface area contributed by atoms with Gasteiger partial charge in [-0.1, -0.05) is 35.9 Å². The first kappa shape index (κ1) is 17.0. The van der Waals surface area contributed by atoms with Gasteiger partial charge in [-0.3, -0.25) is 9.59 Å². The molecule has 2 amide bonds. The molecule has 1 N–H and O–H groups in total. The van der Waals surface area contributed by atoms with Gasteiger partial charge >= 0.3 is 0 Å². The second-order valence-corrected chi connectivity index (χ2v) is 5.76. The van der Waals surface area contributed by atoms with E-state index in [1.54, 1.807) is 24.3 Å². The molecule has 0 saturated heterocycles. The van der Waals surface area contributed by atoms with Crippen molar-refractivity contribution in [2.24, 2.45) is 0 Å². The van der Waals surface area contributed by atoms with Gasteiger partial charge in [0.05, 0.1) is 10.7 Å². The van der Waals surface area contributed by atoms with Gasteiger partial charge in [0.1, 0.15) is 6.54 Å². The lowest BCUT2D eigenvalue weighted by Crippen LogP contribution is -2.37. The molecular formula is C18H19ClN2O2. The maximum absolute atomic E-state index is 12.3. The fourth-order valence-electron chi connectivity index (χ4n) is 2.29. The van der Waals surface area contributed by atoms with Crippen LogP contribution in [0.5, 0.6) is 0 Å². The summed E-state index contributed by atoms with van der Waals surface area (Å²) in [6.45, 7) is 5.29. The summed E-state index contributed by atoms with van der Waals surface area (Å²) in [5.41, 5.74) is 3.32. The van der Waals surface area contributed by atoms with Crippen molar-refractivity contribution in [1.82, 2.24) is 0 Å². The largest absolute Gasteiger partial charge is 0.323 e. The van der Waals surface area contributed by atoms with Crippen LogP contribution < -0.4 is 10.2 Å². The molecule has 0 saturated carbocycles. The Labute approximate surface area is 141 Å². The highest BCUT2D eigenvalue weighted by Gasteiger charge is 2.18. The number of hydrogen-bond acceptors (Lipinski definition) is 2. The van der Waals surface area contributed by atoms with Crippen LogP contribution in [0.4, 0.5) is 11.4 Å². The van der Waals surface area contributed by atoms with E-state index in [0.29, 0.717) is 10.7 Å². The minimum atomic E-state index is -0.297. The van der Waals surface area contributed by atoms with E-state index in [1.165, 1.54) is 11.8 Å². The van der Waals surface area contributed by atoms with Crippen LogP contribution in [-0.2, 0) is 9.59 Å². The van der Waals surface area contributed by atoms with Crippen molar-refractivity contribution in [2.75, 3.05) is 16.8 Å². The number of carbonyl (C=O) groups excluding carboxylic acids is 2. The highest BCUT2D eigenvalue weighted by Crippen LogP contribution is 2.24.